The van der Waals surface area contributed by atoms with E-state index in [9.17, 15) is 0 Å². The van der Waals surface area contributed by atoms with E-state index in [1.54, 1.807) is 0 Å². The second-order valence-electron chi connectivity index (χ2n) is 5.73. The summed E-state index contributed by atoms with van der Waals surface area (Å²) in [5.74, 6) is 1.91. The van der Waals surface area contributed by atoms with Crippen LogP contribution in [0.15, 0.2) is 24.5 Å². The summed E-state index contributed by atoms with van der Waals surface area (Å²) in [6, 6.07) is 4.27. The van der Waals surface area contributed by atoms with Gasteiger partial charge in [0.1, 0.15) is 0 Å². The molecule has 1 aromatic rings. The van der Waals surface area contributed by atoms with E-state index < -0.39 is 0 Å². The van der Waals surface area contributed by atoms with Crippen LogP contribution in [0.1, 0.15) is 24.8 Å². The van der Waals surface area contributed by atoms with E-state index in [1.807, 2.05) is 12.4 Å². The maximum atomic E-state index is 4.08. The highest BCUT2D eigenvalue weighted by Crippen LogP contribution is 2.30. The summed E-state index contributed by atoms with van der Waals surface area (Å²) in [4.78, 5) is 6.70. The van der Waals surface area contributed by atoms with Crippen LogP contribution >= 0.6 is 0 Å². The van der Waals surface area contributed by atoms with Crippen molar-refractivity contribution in [2.75, 3.05) is 26.2 Å². The molecule has 0 bridgehead atoms. The van der Waals surface area contributed by atoms with Crippen molar-refractivity contribution in [1.82, 2.24) is 15.2 Å². The van der Waals surface area contributed by atoms with Crippen LogP contribution in [0.25, 0.3) is 0 Å². The lowest BCUT2D eigenvalue weighted by molar-refractivity contribution is 0.242. The quantitative estimate of drug-likeness (QED) is 0.881. The Hall–Kier alpha value is -0.930. The smallest absolute Gasteiger partial charge is 0.0271 e. The fraction of sp³-hybridized carbons (Fsp3) is 0.667. The number of nitrogens with zero attached hydrogens (tertiary/aromatic N) is 2. The Labute approximate surface area is 110 Å². The van der Waals surface area contributed by atoms with Crippen molar-refractivity contribution in [2.24, 2.45) is 11.8 Å². The van der Waals surface area contributed by atoms with Crippen LogP contribution in [0.3, 0.4) is 0 Å². The molecule has 0 aromatic carbocycles. The number of likely N-dealkylation sites (tertiary alicyclic amines) is 1. The van der Waals surface area contributed by atoms with Crippen molar-refractivity contribution in [3.8, 4) is 0 Å². The summed E-state index contributed by atoms with van der Waals surface area (Å²) in [7, 11) is 0. The minimum absolute atomic E-state index is 0.939. The van der Waals surface area contributed by atoms with E-state index >= 15 is 0 Å². The van der Waals surface area contributed by atoms with Gasteiger partial charge in [-0.05, 0) is 68.4 Å². The lowest BCUT2D eigenvalue weighted by atomic mass is 9.84. The van der Waals surface area contributed by atoms with Crippen LogP contribution in [0, 0.1) is 11.8 Å². The fourth-order valence-electron chi connectivity index (χ4n) is 3.45. The molecule has 98 valence electrons. The molecule has 18 heavy (non-hydrogen) atoms. The Morgan fingerprint density at radius 2 is 1.89 bits per heavy atom. The van der Waals surface area contributed by atoms with E-state index in [2.05, 4.69) is 27.3 Å². The zero-order chi connectivity index (χ0) is 12.2. The molecule has 0 saturated carbocycles. The monoisotopic (exact) mass is 245 g/mol. The molecule has 2 fully saturated rings. The average Bonchev–Trinajstić information content (AvgIpc) is 2.89. The molecule has 3 nitrogen and oxygen atoms in total. The molecular weight excluding hydrogens is 222 g/mol. The lowest BCUT2D eigenvalue weighted by Gasteiger charge is -2.28. The topological polar surface area (TPSA) is 28.2 Å². The van der Waals surface area contributed by atoms with E-state index in [4.69, 9.17) is 0 Å². The Kier molecular flexibility index (Phi) is 3.91. The predicted molar refractivity (Wildman–Crippen MR) is 73.2 cm³/mol. The Balaban J connectivity index is 1.52. The molecule has 3 heteroatoms. The first-order valence-corrected chi connectivity index (χ1v) is 7.24. The van der Waals surface area contributed by atoms with Gasteiger partial charge >= 0.3 is 0 Å². The number of nitrogens with one attached hydrogen (secondary N) is 1. The van der Waals surface area contributed by atoms with Crippen LogP contribution in [0.5, 0.6) is 0 Å². The number of pyridine rings is 1. The van der Waals surface area contributed by atoms with Gasteiger partial charge in [0.05, 0.1) is 0 Å². The Morgan fingerprint density at radius 3 is 2.67 bits per heavy atom. The Bertz CT molecular complexity index is 359. The SMILES string of the molecule is c1cc(CN2CCC(C3CCNCC3)C2)ccn1. The first-order chi connectivity index (χ1) is 8.92. The number of aromatic nitrogens is 1. The van der Waals surface area contributed by atoms with Crippen LogP contribution in [0.4, 0.5) is 0 Å². The molecule has 0 spiro atoms. The van der Waals surface area contributed by atoms with Crippen LogP contribution in [-0.4, -0.2) is 36.1 Å². The highest BCUT2D eigenvalue weighted by molar-refractivity contribution is 5.09. The summed E-state index contributed by atoms with van der Waals surface area (Å²) in [5, 5.41) is 3.47. The van der Waals surface area contributed by atoms with Gasteiger partial charge in [0.15, 0.2) is 0 Å². The van der Waals surface area contributed by atoms with Crippen molar-refractivity contribution in [2.45, 2.75) is 25.8 Å². The van der Waals surface area contributed by atoms with Crippen molar-refractivity contribution < 1.29 is 0 Å². The molecule has 1 atom stereocenters. The third kappa shape index (κ3) is 2.90. The molecular formula is C15H23N3. The first kappa shape index (κ1) is 12.1. The second-order valence-corrected chi connectivity index (χ2v) is 5.73. The van der Waals surface area contributed by atoms with Crippen LogP contribution in [0.2, 0.25) is 0 Å². The van der Waals surface area contributed by atoms with Gasteiger partial charge in [0.2, 0.25) is 0 Å². The molecule has 3 heterocycles. The summed E-state index contributed by atoms with van der Waals surface area (Å²) >= 11 is 0. The molecule has 2 aliphatic rings. The largest absolute Gasteiger partial charge is 0.317 e. The van der Waals surface area contributed by atoms with Gasteiger partial charge in [-0.1, -0.05) is 0 Å². The van der Waals surface area contributed by atoms with Gasteiger partial charge in [-0.25, -0.2) is 0 Å². The molecule has 1 N–H and O–H groups in total. The van der Waals surface area contributed by atoms with E-state index in [-0.39, 0.29) is 0 Å². The van der Waals surface area contributed by atoms with Gasteiger partial charge in [0, 0.05) is 25.5 Å². The first-order valence-electron chi connectivity index (χ1n) is 7.24. The highest BCUT2D eigenvalue weighted by atomic mass is 15.1. The molecule has 0 aliphatic carbocycles. The summed E-state index contributed by atoms with van der Waals surface area (Å²) < 4.78 is 0. The third-order valence-electron chi connectivity index (χ3n) is 4.51. The average molecular weight is 245 g/mol. The Morgan fingerprint density at radius 1 is 1.11 bits per heavy atom. The predicted octanol–water partition coefficient (Wildman–Crippen LogP) is 1.90. The van der Waals surface area contributed by atoms with Crippen molar-refractivity contribution >= 4 is 0 Å². The molecule has 2 aliphatic heterocycles. The zero-order valence-corrected chi connectivity index (χ0v) is 11.0. The number of piperidine rings is 1. The standard InChI is InChI=1S/C15H23N3/c1-6-16-7-2-13(1)11-18-10-5-15(12-18)14-3-8-17-9-4-14/h1-2,6-7,14-15,17H,3-5,8-12H2. The molecule has 3 rings (SSSR count). The minimum Gasteiger partial charge on any atom is -0.317 e. The fourth-order valence-corrected chi connectivity index (χ4v) is 3.45. The summed E-state index contributed by atoms with van der Waals surface area (Å²) in [6.07, 6.45) is 7.96. The number of hydrogen-bond donors (Lipinski definition) is 1. The van der Waals surface area contributed by atoms with Gasteiger partial charge in [-0.15, -0.1) is 0 Å². The van der Waals surface area contributed by atoms with E-state index in [0.717, 1.165) is 18.4 Å². The van der Waals surface area contributed by atoms with E-state index in [0.29, 0.717) is 0 Å². The lowest BCUT2D eigenvalue weighted by Crippen LogP contribution is -2.32. The number of hydrogen-bond acceptors (Lipinski definition) is 3. The zero-order valence-electron chi connectivity index (χ0n) is 11.0. The summed E-state index contributed by atoms with van der Waals surface area (Å²) in [6.45, 7) is 6.13. The van der Waals surface area contributed by atoms with Crippen molar-refractivity contribution in [1.29, 1.82) is 0 Å². The second kappa shape index (κ2) is 5.81. The van der Waals surface area contributed by atoms with Gasteiger partial charge < -0.3 is 5.32 Å². The van der Waals surface area contributed by atoms with Crippen molar-refractivity contribution in [3.63, 3.8) is 0 Å². The van der Waals surface area contributed by atoms with Crippen LogP contribution in [-0.2, 0) is 6.54 Å². The van der Waals surface area contributed by atoms with E-state index in [1.165, 1.54) is 51.0 Å². The van der Waals surface area contributed by atoms with Gasteiger partial charge in [-0.3, -0.25) is 9.88 Å². The molecule has 0 radical (unpaired) electrons. The van der Waals surface area contributed by atoms with Crippen LogP contribution < -0.4 is 5.32 Å². The molecule has 2 saturated heterocycles. The van der Waals surface area contributed by atoms with Crippen molar-refractivity contribution in [3.05, 3.63) is 30.1 Å². The summed E-state index contributed by atoms with van der Waals surface area (Å²) in [5.41, 5.74) is 1.40. The maximum absolute atomic E-state index is 4.08. The molecule has 1 unspecified atom stereocenters. The molecule has 0 amide bonds. The van der Waals surface area contributed by atoms with Gasteiger partial charge in [0.25, 0.3) is 0 Å². The number of rotatable bonds is 3. The highest BCUT2D eigenvalue weighted by Gasteiger charge is 2.29. The minimum atomic E-state index is 0.939. The van der Waals surface area contributed by atoms with Gasteiger partial charge in [-0.2, -0.15) is 0 Å². The normalized spacial score (nSPS) is 26.6. The third-order valence-corrected chi connectivity index (χ3v) is 4.51. The molecule has 1 aromatic heterocycles. The maximum Gasteiger partial charge on any atom is 0.0271 e.